The molecule has 0 amide bonds. The van der Waals surface area contributed by atoms with Crippen molar-refractivity contribution < 1.29 is 30.0 Å². The van der Waals surface area contributed by atoms with Crippen LogP contribution in [0.1, 0.15) is 47.1 Å². The van der Waals surface area contributed by atoms with Gasteiger partial charge in [0.1, 0.15) is 0 Å². The van der Waals surface area contributed by atoms with Gasteiger partial charge in [0.25, 0.3) is 0 Å². The Morgan fingerprint density at radius 3 is 2.25 bits per heavy atom. The van der Waals surface area contributed by atoms with Gasteiger partial charge in [-0.1, -0.05) is 78.1 Å². The van der Waals surface area contributed by atoms with Crippen molar-refractivity contribution in [1.82, 2.24) is 4.98 Å². The fourth-order valence-electron chi connectivity index (χ4n) is 3.02. The first-order chi connectivity index (χ1) is 14.7. The van der Waals surface area contributed by atoms with E-state index in [9.17, 15) is 9.90 Å². The van der Waals surface area contributed by atoms with E-state index in [1.54, 1.807) is 0 Å². The van der Waals surface area contributed by atoms with Gasteiger partial charge in [-0.15, -0.1) is 35.4 Å². The SMILES string of the molecule is CC(C)C(=O)/C=C(\O)C(C)C.CC(C)Cc1c[c-]c(-c2nccc3ccccc23)cc1.[Ir]. The number of allylic oxidation sites excluding steroid dienone is 2. The van der Waals surface area contributed by atoms with Gasteiger partial charge in [-0.05, 0) is 22.5 Å². The van der Waals surface area contributed by atoms with Crippen LogP contribution in [0.5, 0.6) is 0 Å². The second-order valence-corrected chi connectivity index (χ2v) is 8.87. The summed E-state index contributed by atoms with van der Waals surface area (Å²) in [4.78, 5) is 15.6. The molecule has 0 saturated heterocycles. The normalized spacial score (nSPS) is 11.3. The summed E-state index contributed by atoms with van der Waals surface area (Å²) in [5.74, 6) is 0.832. The van der Waals surface area contributed by atoms with Crippen LogP contribution in [-0.4, -0.2) is 15.9 Å². The third-order valence-corrected chi connectivity index (χ3v) is 4.90. The minimum atomic E-state index is -0.0316. The number of hydrogen-bond donors (Lipinski definition) is 1. The number of rotatable bonds is 6. The maximum absolute atomic E-state index is 11.0. The third kappa shape index (κ3) is 8.33. The molecule has 32 heavy (non-hydrogen) atoms. The molecule has 4 heteroatoms. The summed E-state index contributed by atoms with van der Waals surface area (Å²) < 4.78 is 0. The average molecular weight is 609 g/mol. The number of nitrogens with zero attached hydrogens (tertiary/aromatic N) is 1. The summed E-state index contributed by atoms with van der Waals surface area (Å²) >= 11 is 0. The minimum Gasteiger partial charge on any atom is -0.512 e. The van der Waals surface area contributed by atoms with E-state index >= 15 is 0 Å². The van der Waals surface area contributed by atoms with Gasteiger partial charge < -0.3 is 10.1 Å². The molecule has 173 valence electrons. The Hall–Kier alpha value is -2.29. The Balaban J connectivity index is 0.000000370. The Morgan fingerprint density at radius 1 is 1.00 bits per heavy atom. The summed E-state index contributed by atoms with van der Waals surface area (Å²) in [5, 5.41) is 11.6. The predicted octanol–water partition coefficient (Wildman–Crippen LogP) is 7.21. The zero-order chi connectivity index (χ0) is 23.0. The molecular formula is C28H34IrNO2-. The van der Waals surface area contributed by atoms with E-state index in [2.05, 4.69) is 67.4 Å². The number of hydrogen-bond acceptors (Lipinski definition) is 3. The molecule has 2 aromatic carbocycles. The first-order valence-electron chi connectivity index (χ1n) is 11.0. The number of aliphatic hydroxyl groups is 1. The van der Waals surface area contributed by atoms with Crippen molar-refractivity contribution in [3.05, 3.63) is 78.2 Å². The quantitative estimate of drug-likeness (QED) is 0.183. The van der Waals surface area contributed by atoms with E-state index in [0.29, 0.717) is 5.92 Å². The molecule has 1 heterocycles. The molecule has 0 fully saturated rings. The number of benzene rings is 2. The van der Waals surface area contributed by atoms with E-state index in [0.717, 1.165) is 17.7 Å². The zero-order valence-corrected chi connectivity index (χ0v) is 22.2. The van der Waals surface area contributed by atoms with Crippen LogP contribution >= 0.6 is 0 Å². The maximum Gasteiger partial charge on any atom is 0.161 e. The smallest absolute Gasteiger partial charge is 0.161 e. The summed E-state index contributed by atoms with van der Waals surface area (Å²) in [6.45, 7) is 11.8. The molecule has 0 spiro atoms. The molecule has 1 aromatic heterocycles. The molecule has 3 nitrogen and oxygen atoms in total. The first-order valence-corrected chi connectivity index (χ1v) is 11.0. The number of carbonyl (C=O) groups is 1. The van der Waals surface area contributed by atoms with Gasteiger partial charge in [0, 0.05) is 44.2 Å². The van der Waals surface area contributed by atoms with Crippen molar-refractivity contribution in [3.8, 4) is 11.3 Å². The van der Waals surface area contributed by atoms with Crippen LogP contribution in [0, 0.1) is 23.8 Å². The van der Waals surface area contributed by atoms with E-state index in [-0.39, 0.29) is 43.5 Å². The number of ketones is 1. The van der Waals surface area contributed by atoms with Crippen molar-refractivity contribution in [2.45, 2.75) is 48.0 Å². The van der Waals surface area contributed by atoms with Crippen molar-refractivity contribution in [2.24, 2.45) is 17.8 Å². The number of aromatic nitrogens is 1. The fourth-order valence-corrected chi connectivity index (χ4v) is 3.02. The number of fused-ring (bicyclic) bond motifs is 1. The number of carbonyl (C=O) groups excluding carboxylic acids is 1. The van der Waals surface area contributed by atoms with Crippen molar-refractivity contribution in [2.75, 3.05) is 0 Å². The monoisotopic (exact) mass is 609 g/mol. The van der Waals surface area contributed by atoms with Gasteiger partial charge in [0.15, 0.2) is 5.78 Å². The molecule has 3 rings (SSSR count). The average Bonchev–Trinajstić information content (AvgIpc) is 2.74. The van der Waals surface area contributed by atoms with Crippen LogP contribution < -0.4 is 0 Å². The number of aliphatic hydroxyl groups excluding tert-OH is 1. The zero-order valence-electron chi connectivity index (χ0n) is 19.8. The van der Waals surface area contributed by atoms with Crippen molar-refractivity contribution >= 4 is 16.6 Å². The topological polar surface area (TPSA) is 50.2 Å². The summed E-state index contributed by atoms with van der Waals surface area (Å²) in [5.41, 5.74) is 3.41. The van der Waals surface area contributed by atoms with Gasteiger partial charge in [0.2, 0.25) is 0 Å². The summed E-state index contributed by atoms with van der Waals surface area (Å²) in [7, 11) is 0. The van der Waals surface area contributed by atoms with Crippen molar-refractivity contribution in [1.29, 1.82) is 0 Å². The van der Waals surface area contributed by atoms with Crippen LogP contribution in [0.15, 0.2) is 66.6 Å². The van der Waals surface area contributed by atoms with Gasteiger partial charge in [-0.3, -0.25) is 4.79 Å². The largest absolute Gasteiger partial charge is 0.512 e. The van der Waals surface area contributed by atoms with Crippen molar-refractivity contribution in [3.63, 3.8) is 0 Å². The van der Waals surface area contributed by atoms with E-state index < -0.39 is 0 Å². The van der Waals surface area contributed by atoms with Gasteiger partial charge >= 0.3 is 0 Å². The van der Waals surface area contributed by atoms with Gasteiger partial charge in [-0.2, -0.15) is 0 Å². The Kier molecular flexibility index (Phi) is 11.5. The Labute approximate surface area is 206 Å². The van der Waals surface area contributed by atoms with Gasteiger partial charge in [-0.25, -0.2) is 0 Å². The van der Waals surface area contributed by atoms with E-state index in [1.807, 2.05) is 40.0 Å². The molecule has 0 saturated carbocycles. The predicted molar refractivity (Wildman–Crippen MR) is 130 cm³/mol. The second kappa shape index (κ2) is 13.3. The van der Waals surface area contributed by atoms with Gasteiger partial charge in [0.05, 0.1) is 5.76 Å². The van der Waals surface area contributed by atoms with Crippen LogP contribution in [0.25, 0.3) is 22.0 Å². The Morgan fingerprint density at radius 2 is 1.69 bits per heavy atom. The molecule has 0 aliphatic carbocycles. The Bertz CT molecular complexity index is 1020. The first kappa shape index (κ1) is 27.7. The summed E-state index contributed by atoms with van der Waals surface area (Å²) in [6, 6.07) is 20.2. The molecule has 0 atom stereocenters. The van der Waals surface area contributed by atoms with Crippen LogP contribution in [-0.2, 0) is 31.3 Å². The van der Waals surface area contributed by atoms with Crippen LogP contribution in [0.3, 0.4) is 0 Å². The molecule has 0 bridgehead atoms. The molecule has 0 aliphatic heterocycles. The van der Waals surface area contributed by atoms with Crippen LogP contribution in [0.2, 0.25) is 0 Å². The standard InChI is InChI=1S/C19H18N.C9H16O2.Ir/c1-14(2)13-15-7-9-17(10-8-15)19-18-6-4-3-5-16(18)11-12-20-19;1-6(2)8(10)5-9(11)7(3)4;/h3-9,11-12,14H,13H2,1-2H3;5-7,10H,1-4H3;/q-1;;/b;8-5-;. The maximum atomic E-state index is 11.0. The van der Waals surface area contributed by atoms with Crippen LogP contribution in [0.4, 0.5) is 0 Å². The molecule has 1 radical (unpaired) electrons. The van der Waals surface area contributed by atoms with E-state index in [4.69, 9.17) is 0 Å². The van der Waals surface area contributed by atoms with E-state index in [1.165, 1.54) is 22.4 Å². The molecular weight excluding hydrogens is 575 g/mol. The molecule has 3 aromatic rings. The summed E-state index contributed by atoms with van der Waals surface area (Å²) in [6.07, 6.45) is 4.28. The third-order valence-electron chi connectivity index (χ3n) is 4.90. The second-order valence-electron chi connectivity index (χ2n) is 8.87. The molecule has 0 unspecified atom stereocenters. The fraction of sp³-hybridized carbons (Fsp3) is 0.357. The molecule has 1 N–H and O–H groups in total. The number of pyridine rings is 1. The minimum absolute atomic E-state index is 0. The molecule has 0 aliphatic rings.